The lowest BCUT2D eigenvalue weighted by Crippen LogP contribution is -2.25. The monoisotopic (exact) mass is 398 g/mol. The van der Waals surface area contributed by atoms with Crippen LogP contribution < -0.4 is 5.43 Å². The van der Waals surface area contributed by atoms with Crippen molar-refractivity contribution in [3.8, 4) is 0 Å². The Morgan fingerprint density at radius 2 is 1.92 bits per heavy atom. The maximum absolute atomic E-state index is 12.2. The van der Waals surface area contributed by atoms with Crippen LogP contribution in [0.5, 0.6) is 0 Å². The second-order valence-electron chi connectivity index (χ2n) is 5.90. The van der Waals surface area contributed by atoms with Crippen LogP contribution in [-0.2, 0) is 11.3 Å². The summed E-state index contributed by atoms with van der Waals surface area (Å²) in [5.74, 6) is -0.210. The van der Waals surface area contributed by atoms with E-state index < -0.39 is 0 Å². The van der Waals surface area contributed by atoms with Gasteiger partial charge in [-0.1, -0.05) is 42.5 Å². The van der Waals surface area contributed by atoms with Gasteiger partial charge in [0.2, 0.25) is 0 Å². The minimum absolute atomic E-state index is 0.130. The molecule has 1 aromatic heterocycles. The number of aryl methyl sites for hydroxylation is 1. The van der Waals surface area contributed by atoms with E-state index in [0.29, 0.717) is 0 Å². The number of halogens is 1. The summed E-state index contributed by atoms with van der Waals surface area (Å²) in [6.45, 7) is 5.84. The Bertz CT molecular complexity index is 969. The number of carbonyl (C=O) groups is 1. The molecule has 0 spiro atoms. The van der Waals surface area contributed by atoms with Gasteiger partial charge in [-0.3, -0.25) is 9.48 Å². The van der Waals surface area contributed by atoms with E-state index in [4.69, 9.17) is 0 Å². The number of amides is 1. The highest BCUT2D eigenvalue weighted by molar-refractivity contribution is 9.10. The first-order valence-corrected chi connectivity index (χ1v) is 8.77. The minimum atomic E-state index is -0.210. The van der Waals surface area contributed by atoms with Crippen LogP contribution in [0.2, 0.25) is 0 Å². The highest BCUT2D eigenvalue weighted by atomic mass is 79.9. The third kappa shape index (κ3) is 3.64. The molecule has 0 bridgehead atoms. The summed E-state index contributed by atoms with van der Waals surface area (Å²) in [7, 11) is 0. The van der Waals surface area contributed by atoms with Gasteiger partial charge in [0.05, 0.1) is 21.6 Å². The van der Waals surface area contributed by atoms with E-state index in [1.54, 1.807) is 4.68 Å². The fourth-order valence-electron chi connectivity index (χ4n) is 2.75. The van der Waals surface area contributed by atoms with Gasteiger partial charge in [-0.05, 0) is 47.5 Å². The molecule has 3 rings (SSSR count). The van der Waals surface area contributed by atoms with E-state index >= 15 is 0 Å². The molecule has 0 fully saturated rings. The average molecular weight is 399 g/mol. The number of hydrogen-bond acceptors (Lipinski definition) is 3. The molecule has 0 saturated heterocycles. The Hall–Kier alpha value is -2.47. The molecule has 1 heterocycles. The molecule has 1 amide bonds. The first-order valence-electron chi connectivity index (χ1n) is 7.98. The molecule has 25 heavy (non-hydrogen) atoms. The SMILES string of the molecule is C/C(=N\NC(=O)Cn1nc(C)c(Br)c1C)c1cccc2ccccc12. The van der Waals surface area contributed by atoms with E-state index in [-0.39, 0.29) is 12.5 Å². The standard InChI is InChI=1S/C19H19BrN4O/c1-12(16-10-6-8-15-7-4-5-9-17(15)16)21-22-18(25)11-24-14(3)19(20)13(2)23-24/h4-10H,11H2,1-3H3,(H,22,25)/b21-12+. The summed E-state index contributed by atoms with van der Waals surface area (Å²) >= 11 is 3.46. The first kappa shape index (κ1) is 17.4. The van der Waals surface area contributed by atoms with Gasteiger partial charge >= 0.3 is 0 Å². The van der Waals surface area contributed by atoms with Crippen LogP contribution in [0.15, 0.2) is 52.0 Å². The van der Waals surface area contributed by atoms with Crippen LogP contribution in [0.3, 0.4) is 0 Å². The zero-order valence-electron chi connectivity index (χ0n) is 14.4. The van der Waals surface area contributed by atoms with Gasteiger partial charge in [0, 0.05) is 5.56 Å². The van der Waals surface area contributed by atoms with E-state index in [2.05, 4.69) is 49.8 Å². The molecule has 0 unspecified atom stereocenters. The molecule has 0 aliphatic rings. The molecule has 3 aromatic rings. The highest BCUT2D eigenvalue weighted by Gasteiger charge is 2.12. The molecule has 0 aliphatic carbocycles. The molecule has 128 valence electrons. The Balaban J connectivity index is 1.76. The third-order valence-corrected chi connectivity index (χ3v) is 5.26. The minimum Gasteiger partial charge on any atom is -0.271 e. The molecule has 6 heteroatoms. The largest absolute Gasteiger partial charge is 0.271 e. The zero-order chi connectivity index (χ0) is 18.0. The fourth-order valence-corrected chi connectivity index (χ4v) is 3.03. The number of hydrazone groups is 1. The summed E-state index contributed by atoms with van der Waals surface area (Å²) in [5.41, 5.74) is 6.17. The first-order chi connectivity index (χ1) is 12.0. The van der Waals surface area contributed by atoms with Gasteiger partial charge in [-0.2, -0.15) is 10.2 Å². The molecule has 0 saturated carbocycles. The van der Waals surface area contributed by atoms with Gasteiger partial charge in [0.25, 0.3) is 5.91 Å². The Kier molecular flexibility index (Phi) is 4.99. The van der Waals surface area contributed by atoms with Gasteiger partial charge in [-0.15, -0.1) is 0 Å². The topological polar surface area (TPSA) is 59.3 Å². The summed E-state index contributed by atoms with van der Waals surface area (Å²) < 4.78 is 2.59. The lowest BCUT2D eigenvalue weighted by molar-refractivity contribution is -0.121. The van der Waals surface area contributed by atoms with Crippen LogP contribution in [-0.4, -0.2) is 21.4 Å². The Labute approximate surface area is 154 Å². The van der Waals surface area contributed by atoms with E-state index in [9.17, 15) is 4.79 Å². The van der Waals surface area contributed by atoms with Gasteiger partial charge in [0.1, 0.15) is 6.54 Å². The van der Waals surface area contributed by atoms with Crippen molar-refractivity contribution in [2.24, 2.45) is 5.10 Å². The van der Waals surface area contributed by atoms with Crippen molar-refractivity contribution in [3.63, 3.8) is 0 Å². The molecule has 0 radical (unpaired) electrons. The van der Waals surface area contributed by atoms with Crippen LogP contribution in [0.25, 0.3) is 10.8 Å². The van der Waals surface area contributed by atoms with E-state index in [1.807, 2.05) is 45.0 Å². The van der Waals surface area contributed by atoms with Gasteiger partial charge < -0.3 is 0 Å². The van der Waals surface area contributed by atoms with Crippen molar-refractivity contribution >= 4 is 38.3 Å². The van der Waals surface area contributed by atoms with E-state index in [0.717, 1.165) is 37.9 Å². The number of hydrogen-bond donors (Lipinski definition) is 1. The molecule has 5 nitrogen and oxygen atoms in total. The molecular formula is C19H19BrN4O. The summed E-state index contributed by atoms with van der Waals surface area (Å²) in [6, 6.07) is 14.2. The Morgan fingerprint density at radius 3 is 2.64 bits per heavy atom. The number of rotatable bonds is 4. The lowest BCUT2D eigenvalue weighted by Gasteiger charge is -2.07. The molecule has 2 aromatic carbocycles. The molecule has 1 N–H and O–H groups in total. The van der Waals surface area contributed by atoms with Crippen LogP contribution in [0, 0.1) is 13.8 Å². The summed E-state index contributed by atoms with van der Waals surface area (Å²) in [5, 5.41) is 10.9. The fraction of sp³-hybridized carbons (Fsp3) is 0.211. The van der Waals surface area contributed by atoms with Crippen molar-refractivity contribution < 1.29 is 4.79 Å². The predicted octanol–water partition coefficient (Wildman–Crippen LogP) is 3.96. The lowest BCUT2D eigenvalue weighted by atomic mass is 10.0. The molecule has 0 atom stereocenters. The second-order valence-corrected chi connectivity index (χ2v) is 6.69. The van der Waals surface area contributed by atoms with Crippen LogP contribution in [0.1, 0.15) is 23.9 Å². The number of fused-ring (bicyclic) bond motifs is 1. The normalized spacial score (nSPS) is 11.8. The van der Waals surface area contributed by atoms with Crippen LogP contribution in [0.4, 0.5) is 0 Å². The van der Waals surface area contributed by atoms with Crippen molar-refractivity contribution in [2.45, 2.75) is 27.3 Å². The van der Waals surface area contributed by atoms with Crippen molar-refractivity contribution in [3.05, 3.63) is 63.9 Å². The van der Waals surface area contributed by atoms with Crippen molar-refractivity contribution in [1.29, 1.82) is 0 Å². The van der Waals surface area contributed by atoms with E-state index in [1.165, 1.54) is 0 Å². The second kappa shape index (κ2) is 7.19. The average Bonchev–Trinajstić information content (AvgIpc) is 2.86. The maximum Gasteiger partial charge on any atom is 0.261 e. The number of aromatic nitrogens is 2. The number of nitrogens with one attached hydrogen (secondary N) is 1. The summed E-state index contributed by atoms with van der Waals surface area (Å²) in [4.78, 5) is 12.2. The number of nitrogens with zero attached hydrogens (tertiary/aromatic N) is 3. The third-order valence-electron chi connectivity index (χ3n) is 4.11. The quantitative estimate of drug-likeness (QED) is 0.534. The molecular weight excluding hydrogens is 380 g/mol. The number of benzene rings is 2. The van der Waals surface area contributed by atoms with Crippen molar-refractivity contribution in [2.75, 3.05) is 0 Å². The predicted molar refractivity (Wildman–Crippen MR) is 104 cm³/mol. The number of carbonyl (C=O) groups excluding carboxylic acids is 1. The van der Waals surface area contributed by atoms with Crippen molar-refractivity contribution in [1.82, 2.24) is 15.2 Å². The van der Waals surface area contributed by atoms with Gasteiger partial charge in [-0.25, -0.2) is 5.43 Å². The zero-order valence-corrected chi connectivity index (χ0v) is 16.0. The van der Waals surface area contributed by atoms with Crippen LogP contribution >= 0.6 is 15.9 Å². The maximum atomic E-state index is 12.2. The summed E-state index contributed by atoms with van der Waals surface area (Å²) in [6.07, 6.45) is 0. The highest BCUT2D eigenvalue weighted by Crippen LogP contribution is 2.20. The Morgan fingerprint density at radius 1 is 1.20 bits per heavy atom. The smallest absolute Gasteiger partial charge is 0.261 e. The molecule has 0 aliphatic heterocycles. The van der Waals surface area contributed by atoms with Gasteiger partial charge in [0.15, 0.2) is 0 Å².